The van der Waals surface area contributed by atoms with Crippen LogP contribution in [-0.4, -0.2) is 57.7 Å². The molecule has 2 N–H and O–H groups in total. The molecule has 0 saturated heterocycles. The number of carboxylic acid groups (broad SMARTS) is 2. The molecule has 0 aliphatic heterocycles. The van der Waals surface area contributed by atoms with E-state index in [1.54, 1.807) is 0 Å². The number of ether oxygens (including phenoxy) is 1. The summed E-state index contributed by atoms with van der Waals surface area (Å²) >= 11 is 13.8. The number of aliphatic carboxylic acids is 2. The first-order chi connectivity index (χ1) is 24.2. The molecule has 6 aliphatic carbocycles. The standard InChI is InChI=1S/C40H62Cl2O8/c41-34-21-28(13-17-36(34)49-40(47)33-20-27(12-16-32(33)39(45)46)25-9-5-2-6-10-25)29-14-18-37(35(42)22-29)50-48-23-30-19-26(11-15-31(30)38(43)44)24-7-3-1-4-8-24/h24-37H,1-23H2,(H,43,44)(H,45,46). The molecule has 284 valence electrons. The van der Waals surface area contributed by atoms with Crippen LogP contribution in [0.2, 0.25) is 0 Å². The van der Waals surface area contributed by atoms with Gasteiger partial charge in [-0.15, -0.1) is 23.2 Å². The fourth-order valence-corrected chi connectivity index (χ4v) is 12.2. The lowest BCUT2D eigenvalue weighted by Gasteiger charge is -2.42. The van der Waals surface area contributed by atoms with Crippen molar-refractivity contribution in [3.05, 3.63) is 0 Å². The minimum atomic E-state index is -0.887. The summed E-state index contributed by atoms with van der Waals surface area (Å²) in [4.78, 5) is 49.4. The number of carbonyl (C=O) groups is 3. The van der Waals surface area contributed by atoms with Crippen molar-refractivity contribution in [3.8, 4) is 0 Å². The average molecular weight is 742 g/mol. The van der Waals surface area contributed by atoms with Crippen LogP contribution in [0, 0.1) is 59.2 Å². The summed E-state index contributed by atoms with van der Waals surface area (Å²) in [6, 6.07) is 0. The molecular weight excluding hydrogens is 679 g/mol. The Balaban J connectivity index is 0.938. The highest BCUT2D eigenvalue weighted by molar-refractivity contribution is 6.21. The lowest BCUT2D eigenvalue weighted by atomic mass is 9.67. The van der Waals surface area contributed by atoms with E-state index >= 15 is 0 Å². The summed E-state index contributed by atoms with van der Waals surface area (Å²) in [5.41, 5.74) is 0. The second-order valence-corrected chi connectivity index (χ2v) is 18.4. The van der Waals surface area contributed by atoms with Gasteiger partial charge in [-0.05, 0) is 118 Å². The Kier molecular flexibility index (Phi) is 14.1. The maximum atomic E-state index is 13.5. The normalized spacial score (nSPS) is 40.9. The zero-order chi connectivity index (χ0) is 35.2. The third-order valence-electron chi connectivity index (χ3n) is 14.4. The number of carbonyl (C=O) groups excluding carboxylic acids is 1. The number of carboxylic acids is 2. The monoisotopic (exact) mass is 740 g/mol. The first-order valence-electron chi connectivity index (χ1n) is 20.4. The number of hydrogen-bond acceptors (Lipinski definition) is 6. The number of halogens is 2. The molecule has 6 saturated carbocycles. The van der Waals surface area contributed by atoms with Gasteiger partial charge < -0.3 is 14.9 Å². The van der Waals surface area contributed by atoms with Crippen molar-refractivity contribution in [2.45, 2.75) is 164 Å². The molecule has 0 aromatic rings. The zero-order valence-corrected chi connectivity index (χ0v) is 31.5. The number of esters is 1. The first-order valence-corrected chi connectivity index (χ1v) is 21.3. The Morgan fingerprint density at radius 1 is 0.500 bits per heavy atom. The Labute approximate surface area is 309 Å². The molecule has 50 heavy (non-hydrogen) atoms. The molecule has 6 rings (SSSR count). The average Bonchev–Trinajstić information content (AvgIpc) is 3.13. The van der Waals surface area contributed by atoms with Gasteiger partial charge in [-0.1, -0.05) is 64.2 Å². The molecule has 12 atom stereocenters. The Hall–Kier alpha value is -1.09. The molecule has 8 nitrogen and oxygen atoms in total. The minimum absolute atomic E-state index is 0.0327. The third kappa shape index (κ3) is 9.71. The van der Waals surface area contributed by atoms with Crippen molar-refractivity contribution < 1.29 is 39.1 Å². The van der Waals surface area contributed by atoms with E-state index < -0.39 is 29.9 Å². The van der Waals surface area contributed by atoms with E-state index in [2.05, 4.69) is 0 Å². The fraction of sp³-hybridized carbons (Fsp3) is 0.925. The van der Waals surface area contributed by atoms with Gasteiger partial charge in [-0.3, -0.25) is 14.4 Å². The molecule has 6 aliphatic rings. The van der Waals surface area contributed by atoms with E-state index in [0.29, 0.717) is 55.5 Å². The van der Waals surface area contributed by atoms with E-state index in [-0.39, 0.29) is 34.7 Å². The SMILES string of the molecule is O=C(O)C1CCC(C2CCCCC2)CC1COOC1CCC(C2CCC(OC(=O)C3CC(C4CCCCC4)CCC3C(=O)O)C(Cl)C2)CC1Cl. The van der Waals surface area contributed by atoms with Crippen molar-refractivity contribution >= 4 is 41.1 Å². The predicted octanol–water partition coefficient (Wildman–Crippen LogP) is 9.42. The predicted molar refractivity (Wildman–Crippen MR) is 192 cm³/mol. The molecule has 0 spiro atoms. The summed E-state index contributed by atoms with van der Waals surface area (Å²) in [5, 5.41) is 19.3. The Bertz CT molecular complexity index is 1120. The van der Waals surface area contributed by atoms with E-state index in [9.17, 15) is 24.6 Å². The van der Waals surface area contributed by atoms with Gasteiger partial charge in [0.15, 0.2) is 0 Å². The second-order valence-electron chi connectivity index (χ2n) is 17.3. The quantitative estimate of drug-likeness (QED) is 0.0931. The highest BCUT2D eigenvalue weighted by Gasteiger charge is 2.45. The van der Waals surface area contributed by atoms with Crippen LogP contribution in [0.4, 0.5) is 0 Å². The number of rotatable bonds is 11. The van der Waals surface area contributed by atoms with E-state index in [0.717, 1.165) is 63.7 Å². The summed E-state index contributed by atoms with van der Waals surface area (Å²) < 4.78 is 6.06. The van der Waals surface area contributed by atoms with Crippen LogP contribution in [0.3, 0.4) is 0 Å². The maximum Gasteiger partial charge on any atom is 0.310 e. The lowest BCUT2D eigenvalue weighted by Crippen LogP contribution is -2.43. The van der Waals surface area contributed by atoms with Crippen molar-refractivity contribution in [2.24, 2.45) is 59.2 Å². The molecular formula is C40H62Cl2O8. The van der Waals surface area contributed by atoms with Gasteiger partial charge in [0.05, 0.1) is 35.1 Å². The van der Waals surface area contributed by atoms with Crippen molar-refractivity contribution in [1.29, 1.82) is 0 Å². The molecule has 0 radical (unpaired) electrons. The van der Waals surface area contributed by atoms with Crippen molar-refractivity contribution in [3.63, 3.8) is 0 Å². The lowest BCUT2D eigenvalue weighted by molar-refractivity contribution is -0.337. The number of alkyl halides is 2. The third-order valence-corrected chi connectivity index (χ3v) is 15.3. The van der Waals surface area contributed by atoms with Gasteiger partial charge >= 0.3 is 17.9 Å². The van der Waals surface area contributed by atoms with Crippen LogP contribution in [-0.2, 0) is 28.9 Å². The smallest absolute Gasteiger partial charge is 0.310 e. The maximum absolute atomic E-state index is 13.5. The molecule has 0 aromatic heterocycles. The number of hydrogen-bond donors (Lipinski definition) is 2. The molecule has 12 unspecified atom stereocenters. The van der Waals surface area contributed by atoms with Crippen molar-refractivity contribution in [1.82, 2.24) is 0 Å². The summed E-state index contributed by atoms with van der Waals surface area (Å²) in [5.74, 6) is -0.546. The van der Waals surface area contributed by atoms with Gasteiger partial charge in [-0.25, -0.2) is 9.78 Å². The largest absolute Gasteiger partial charge is 0.481 e. The fourth-order valence-electron chi connectivity index (χ4n) is 11.4. The van der Waals surface area contributed by atoms with Crippen LogP contribution in [0.5, 0.6) is 0 Å². The molecule has 0 bridgehead atoms. The van der Waals surface area contributed by atoms with Gasteiger partial charge in [0.2, 0.25) is 0 Å². The topological polar surface area (TPSA) is 119 Å². The van der Waals surface area contributed by atoms with E-state index in [1.165, 1.54) is 64.2 Å². The summed E-state index contributed by atoms with van der Waals surface area (Å²) in [6.45, 7) is 0.301. The van der Waals surface area contributed by atoms with Crippen LogP contribution in [0.1, 0.15) is 141 Å². The Morgan fingerprint density at radius 3 is 1.52 bits per heavy atom. The van der Waals surface area contributed by atoms with Crippen LogP contribution >= 0.6 is 23.2 Å². The molecule has 0 amide bonds. The molecule has 0 heterocycles. The molecule has 6 fully saturated rings. The van der Waals surface area contributed by atoms with Gasteiger partial charge in [0.25, 0.3) is 0 Å². The molecule has 0 aromatic carbocycles. The highest BCUT2D eigenvalue weighted by Crippen LogP contribution is 2.46. The van der Waals surface area contributed by atoms with E-state index in [1.807, 2.05) is 0 Å². The second kappa shape index (κ2) is 18.3. The summed E-state index contributed by atoms with van der Waals surface area (Å²) in [6.07, 6.45) is 21.5. The van der Waals surface area contributed by atoms with Crippen LogP contribution in [0.25, 0.3) is 0 Å². The molecule has 10 heteroatoms. The van der Waals surface area contributed by atoms with Crippen LogP contribution in [0.15, 0.2) is 0 Å². The van der Waals surface area contributed by atoms with Crippen LogP contribution < -0.4 is 0 Å². The Morgan fingerprint density at radius 2 is 0.980 bits per heavy atom. The minimum Gasteiger partial charge on any atom is -0.481 e. The zero-order valence-electron chi connectivity index (χ0n) is 29.9. The van der Waals surface area contributed by atoms with Crippen molar-refractivity contribution in [2.75, 3.05) is 6.61 Å². The van der Waals surface area contributed by atoms with Gasteiger partial charge in [-0.2, -0.15) is 0 Å². The van der Waals surface area contributed by atoms with Gasteiger partial charge in [0, 0.05) is 0 Å². The summed E-state index contributed by atoms with van der Waals surface area (Å²) in [7, 11) is 0. The highest BCUT2D eigenvalue weighted by atomic mass is 35.5. The first kappa shape index (κ1) is 38.6. The van der Waals surface area contributed by atoms with Gasteiger partial charge in [0.1, 0.15) is 12.2 Å². The van der Waals surface area contributed by atoms with E-state index in [4.69, 9.17) is 37.7 Å².